The number of anilines is 1. The van der Waals surface area contributed by atoms with Crippen LogP contribution in [0.25, 0.3) is 0 Å². The molecular formula is C25H34ClN3O4S. The van der Waals surface area contributed by atoms with Crippen LogP contribution in [-0.2, 0) is 14.4 Å². The molecule has 0 saturated carbocycles. The number of hydrogen-bond acceptors (Lipinski definition) is 5. The highest BCUT2D eigenvalue weighted by atomic mass is 35.5. The van der Waals surface area contributed by atoms with Crippen molar-refractivity contribution < 1.29 is 19.5 Å². The van der Waals surface area contributed by atoms with Crippen LogP contribution in [0.2, 0.25) is 5.02 Å². The number of rotatable bonds is 8. The van der Waals surface area contributed by atoms with Crippen LogP contribution < -0.4 is 10.6 Å². The summed E-state index contributed by atoms with van der Waals surface area (Å²) in [5, 5.41) is 16.8. The molecule has 9 heteroatoms. The van der Waals surface area contributed by atoms with Crippen LogP contribution in [0.1, 0.15) is 47.0 Å². The Bertz CT molecular complexity index is 973. The van der Waals surface area contributed by atoms with Gasteiger partial charge in [0.2, 0.25) is 17.7 Å². The zero-order valence-corrected chi connectivity index (χ0v) is 21.7. The van der Waals surface area contributed by atoms with E-state index in [-0.39, 0.29) is 30.2 Å². The Hall–Kier alpha value is -1.77. The van der Waals surface area contributed by atoms with Gasteiger partial charge in [-0.1, -0.05) is 32.4 Å². The Morgan fingerprint density at radius 3 is 2.50 bits per heavy atom. The fourth-order valence-corrected chi connectivity index (χ4v) is 8.61. The molecule has 3 aliphatic rings. The third-order valence-corrected chi connectivity index (χ3v) is 9.96. The van der Waals surface area contributed by atoms with E-state index in [0.29, 0.717) is 23.7 Å². The fourth-order valence-electron chi connectivity index (χ4n) is 6.14. The van der Waals surface area contributed by atoms with Gasteiger partial charge in [0.25, 0.3) is 0 Å². The van der Waals surface area contributed by atoms with Crippen molar-refractivity contribution in [2.24, 2.45) is 17.8 Å². The van der Waals surface area contributed by atoms with Crippen molar-refractivity contribution in [1.82, 2.24) is 10.2 Å². The van der Waals surface area contributed by atoms with E-state index in [1.54, 1.807) is 40.9 Å². The predicted octanol–water partition coefficient (Wildman–Crippen LogP) is 3.30. The van der Waals surface area contributed by atoms with Gasteiger partial charge in [-0.05, 0) is 56.4 Å². The number of thioether (sulfide) groups is 1. The molecule has 0 aromatic heterocycles. The lowest BCUT2D eigenvalue weighted by atomic mass is 9.66. The molecule has 3 amide bonds. The monoisotopic (exact) mass is 507 g/mol. The van der Waals surface area contributed by atoms with Crippen LogP contribution in [0, 0.1) is 17.8 Å². The summed E-state index contributed by atoms with van der Waals surface area (Å²) in [5.74, 6) is -1.75. The maximum Gasteiger partial charge on any atom is 0.248 e. The minimum absolute atomic E-state index is 0.0554. The van der Waals surface area contributed by atoms with E-state index in [1.807, 2.05) is 20.8 Å². The van der Waals surface area contributed by atoms with E-state index in [4.69, 9.17) is 11.6 Å². The molecule has 6 atom stereocenters. The van der Waals surface area contributed by atoms with Crippen molar-refractivity contribution in [2.45, 2.75) is 68.5 Å². The SMILES string of the molecule is CCCNC(=O)[C@@H]1[C@H]2C(=O)N([C@@H](CO)C(C)C)C(C(=O)Nc3ccc(Cl)cc3)C23CC[C@@]1(C)S3. The summed E-state index contributed by atoms with van der Waals surface area (Å²) < 4.78 is -1.12. The van der Waals surface area contributed by atoms with E-state index in [1.165, 1.54) is 0 Å². The van der Waals surface area contributed by atoms with Gasteiger partial charge in [-0.25, -0.2) is 0 Å². The highest BCUT2D eigenvalue weighted by Gasteiger charge is 2.77. The van der Waals surface area contributed by atoms with Crippen LogP contribution in [0.5, 0.6) is 0 Å². The van der Waals surface area contributed by atoms with Gasteiger partial charge >= 0.3 is 0 Å². The number of carbonyl (C=O) groups excluding carboxylic acids is 3. The van der Waals surface area contributed by atoms with E-state index in [2.05, 4.69) is 17.6 Å². The summed E-state index contributed by atoms with van der Waals surface area (Å²) in [6, 6.07) is 5.56. The maximum atomic E-state index is 14.0. The van der Waals surface area contributed by atoms with Crippen molar-refractivity contribution in [2.75, 3.05) is 18.5 Å². The number of aliphatic hydroxyl groups excluding tert-OH is 1. The van der Waals surface area contributed by atoms with Gasteiger partial charge in [0.15, 0.2) is 0 Å². The van der Waals surface area contributed by atoms with Crippen molar-refractivity contribution in [3.8, 4) is 0 Å². The second kappa shape index (κ2) is 9.36. The molecule has 0 radical (unpaired) electrons. The lowest BCUT2D eigenvalue weighted by Gasteiger charge is -2.38. The Morgan fingerprint density at radius 1 is 1.24 bits per heavy atom. The number of aliphatic hydroxyl groups is 1. The molecule has 3 N–H and O–H groups in total. The molecule has 1 aromatic carbocycles. The molecule has 2 unspecified atom stereocenters. The molecule has 3 saturated heterocycles. The lowest BCUT2D eigenvalue weighted by molar-refractivity contribution is -0.143. The molecule has 34 heavy (non-hydrogen) atoms. The average molecular weight is 508 g/mol. The third kappa shape index (κ3) is 3.91. The normalized spacial score (nSPS) is 32.7. The molecule has 3 aliphatic heterocycles. The van der Waals surface area contributed by atoms with Crippen LogP contribution in [0.3, 0.4) is 0 Å². The molecule has 3 heterocycles. The Kier molecular flexibility index (Phi) is 6.97. The van der Waals surface area contributed by atoms with Crippen molar-refractivity contribution in [3.05, 3.63) is 29.3 Å². The summed E-state index contributed by atoms with van der Waals surface area (Å²) in [4.78, 5) is 42.8. The van der Waals surface area contributed by atoms with Gasteiger partial charge in [0.05, 0.1) is 29.2 Å². The summed E-state index contributed by atoms with van der Waals surface area (Å²) >= 11 is 7.63. The van der Waals surface area contributed by atoms with Gasteiger partial charge in [-0.15, -0.1) is 11.8 Å². The quantitative estimate of drug-likeness (QED) is 0.501. The smallest absolute Gasteiger partial charge is 0.248 e. The van der Waals surface area contributed by atoms with E-state index in [9.17, 15) is 19.5 Å². The highest BCUT2D eigenvalue weighted by Crippen LogP contribution is 2.71. The van der Waals surface area contributed by atoms with E-state index < -0.39 is 33.4 Å². The maximum absolute atomic E-state index is 14.0. The number of fused-ring (bicyclic) bond motifs is 1. The zero-order chi connectivity index (χ0) is 24.8. The molecule has 4 rings (SSSR count). The minimum atomic E-state index is -0.781. The molecule has 186 valence electrons. The third-order valence-electron chi connectivity index (χ3n) is 7.72. The topological polar surface area (TPSA) is 98.7 Å². The largest absolute Gasteiger partial charge is 0.394 e. The highest BCUT2D eigenvalue weighted by molar-refractivity contribution is 8.02. The lowest BCUT2D eigenvalue weighted by Crippen LogP contribution is -2.56. The zero-order valence-electron chi connectivity index (χ0n) is 20.1. The molecule has 2 bridgehead atoms. The summed E-state index contributed by atoms with van der Waals surface area (Å²) in [5.41, 5.74) is 0.590. The van der Waals surface area contributed by atoms with Crippen molar-refractivity contribution in [1.29, 1.82) is 0 Å². The Morgan fingerprint density at radius 2 is 1.91 bits per heavy atom. The second-order valence-electron chi connectivity index (χ2n) is 10.3. The number of carbonyl (C=O) groups is 3. The van der Waals surface area contributed by atoms with E-state index >= 15 is 0 Å². The van der Waals surface area contributed by atoms with Crippen molar-refractivity contribution in [3.63, 3.8) is 0 Å². The van der Waals surface area contributed by atoms with Gasteiger partial charge < -0.3 is 20.6 Å². The summed E-state index contributed by atoms with van der Waals surface area (Å²) in [7, 11) is 0. The molecule has 7 nitrogen and oxygen atoms in total. The van der Waals surface area contributed by atoms with Crippen molar-refractivity contribution >= 4 is 46.8 Å². The first-order valence-electron chi connectivity index (χ1n) is 12.1. The molecule has 3 fully saturated rings. The Balaban J connectivity index is 1.76. The summed E-state index contributed by atoms with van der Waals surface area (Å²) in [6.45, 7) is 8.23. The number of nitrogens with one attached hydrogen (secondary N) is 2. The van der Waals surface area contributed by atoms with Gasteiger partial charge in [0, 0.05) is 22.0 Å². The molecule has 0 aliphatic carbocycles. The second-order valence-corrected chi connectivity index (χ2v) is 12.6. The van der Waals surface area contributed by atoms with E-state index in [0.717, 1.165) is 12.8 Å². The molecule has 1 aromatic rings. The van der Waals surface area contributed by atoms with Crippen LogP contribution >= 0.6 is 23.4 Å². The van der Waals surface area contributed by atoms with Gasteiger partial charge in [-0.2, -0.15) is 0 Å². The minimum Gasteiger partial charge on any atom is -0.394 e. The first-order chi connectivity index (χ1) is 16.1. The number of hydrogen-bond donors (Lipinski definition) is 3. The van der Waals surface area contributed by atoms with Crippen LogP contribution in [0.15, 0.2) is 24.3 Å². The number of likely N-dealkylation sites (tertiary alicyclic amines) is 1. The predicted molar refractivity (Wildman–Crippen MR) is 135 cm³/mol. The number of halogens is 1. The fraction of sp³-hybridized carbons (Fsp3) is 0.640. The number of benzene rings is 1. The molecular weight excluding hydrogens is 474 g/mol. The molecule has 1 spiro atoms. The van der Waals surface area contributed by atoms with Gasteiger partial charge in [0.1, 0.15) is 6.04 Å². The summed E-state index contributed by atoms with van der Waals surface area (Å²) in [6.07, 6.45) is 2.24. The standard InChI is InChI=1S/C25H34ClN3O4S/c1-5-12-27-21(31)18-19-23(33)29(17(13-30)14(2)3)20(25(19)11-10-24(18,4)34-25)22(32)28-16-8-6-15(26)7-9-16/h6-9,14,17-20,30H,5,10-13H2,1-4H3,(H,27,31)(H,28,32)/t17-,18-,19-,20?,24+,25?/m0/s1. The number of nitrogens with zero attached hydrogens (tertiary/aromatic N) is 1. The van der Waals surface area contributed by atoms with Gasteiger partial charge in [-0.3, -0.25) is 14.4 Å². The first-order valence-corrected chi connectivity index (χ1v) is 13.3. The Labute approximate surface area is 210 Å². The van der Waals surface area contributed by atoms with Crippen LogP contribution in [-0.4, -0.2) is 62.5 Å². The number of amides is 3. The first kappa shape index (κ1) is 25.3. The average Bonchev–Trinajstić information content (AvgIpc) is 3.35. The van der Waals surface area contributed by atoms with Crippen LogP contribution in [0.4, 0.5) is 5.69 Å².